The minimum Gasteiger partial charge on any atom is -0.459 e. The molecule has 1 unspecified atom stereocenters. The van der Waals surface area contributed by atoms with E-state index in [9.17, 15) is 13.2 Å². The van der Waals surface area contributed by atoms with Crippen LogP contribution in [-0.4, -0.2) is 15.0 Å². The van der Waals surface area contributed by atoms with Crippen molar-refractivity contribution in [2.75, 3.05) is 11.1 Å². The fourth-order valence-electron chi connectivity index (χ4n) is 2.09. The minimum atomic E-state index is -4.72. The summed E-state index contributed by atoms with van der Waals surface area (Å²) in [5.74, 6) is -1.69. The van der Waals surface area contributed by atoms with Gasteiger partial charge in [-0.15, -0.1) is 0 Å². The molecule has 0 aliphatic carbocycles. The second kappa shape index (κ2) is 5.82. The molecule has 3 N–H and O–H groups in total. The van der Waals surface area contributed by atoms with Gasteiger partial charge in [-0.25, -0.2) is 0 Å². The largest absolute Gasteiger partial charge is 0.459 e. The van der Waals surface area contributed by atoms with Crippen molar-refractivity contribution in [1.82, 2.24) is 15.0 Å². The first-order chi connectivity index (χ1) is 11.2. The van der Waals surface area contributed by atoms with Crippen LogP contribution in [0, 0.1) is 0 Å². The maximum atomic E-state index is 12.7. The number of nitrogens with zero attached hydrogens (tertiary/aromatic N) is 3. The normalized spacial score (nSPS) is 13.2. The van der Waals surface area contributed by atoms with Gasteiger partial charge in [-0.05, 0) is 25.1 Å². The number of nitrogen functional groups attached to an aromatic ring is 1. The Balaban J connectivity index is 1.88. The molecule has 0 aliphatic rings. The molecule has 0 radical (unpaired) electrons. The Morgan fingerprint density at radius 2 is 1.96 bits per heavy atom. The van der Waals surface area contributed by atoms with Gasteiger partial charge in [0, 0.05) is 16.5 Å². The molecule has 2 aromatic heterocycles. The smallest absolute Gasteiger partial charge is 0.451 e. The van der Waals surface area contributed by atoms with Crippen molar-refractivity contribution < 1.29 is 17.6 Å². The van der Waals surface area contributed by atoms with E-state index in [1.807, 2.05) is 0 Å². The highest BCUT2D eigenvalue weighted by Crippen LogP contribution is 2.29. The van der Waals surface area contributed by atoms with Crippen molar-refractivity contribution in [2.45, 2.75) is 19.1 Å². The van der Waals surface area contributed by atoms with Crippen LogP contribution in [0.4, 0.5) is 25.1 Å². The zero-order chi connectivity index (χ0) is 17.5. The lowest BCUT2D eigenvalue weighted by Crippen LogP contribution is -2.17. The average molecular weight is 358 g/mol. The van der Waals surface area contributed by atoms with Crippen LogP contribution >= 0.6 is 11.6 Å². The molecule has 0 aliphatic heterocycles. The lowest BCUT2D eigenvalue weighted by atomic mass is 10.2. The number of nitrogens with two attached hydrogens (primary N) is 1. The topological polar surface area (TPSA) is 89.9 Å². The number of hydrogen-bond donors (Lipinski definition) is 2. The van der Waals surface area contributed by atoms with Crippen LogP contribution in [0.1, 0.15) is 24.6 Å². The van der Waals surface area contributed by atoms with E-state index in [-0.39, 0.29) is 5.95 Å². The number of anilines is 2. The Labute approximate surface area is 138 Å². The van der Waals surface area contributed by atoms with E-state index in [0.29, 0.717) is 16.4 Å². The summed E-state index contributed by atoms with van der Waals surface area (Å²) in [5.41, 5.74) is 5.88. The monoisotopic (exact) mass is 357 g/mol. The minimum absolute atomic E-state index is 0.291. The van der Waals surface area contributed by atoms with Crippen LogP contribution in [0.15, 0.2) is 28.7 Å². The summed E-state index contributed by atoms with van der Waals surface area (Å²) in [7, 11) is 0. The van der Waals surface area contributed by atoms with Crippen LogP contribution in [-0.2, 0) is 6.18 Å². The summed E-state index contributed by atoms with van der Waals surface area (Å²) >= 11 is 5.89. The fraction of sp³-hybridized carbons (Fsp3) is 0.214. The van der Waals surface area contributed by atoms with E-state index in [1.165, 1.54) is 0 Å². The molecule has 126 valence electrons. The number of nitrogens with one attached hydrogen (secondary N) is 1. The number of aromatic nitrogens is 3. The molecule has 0 saturated carbocycles. The number of benzene rings is 1. The summed E-state index contributed by atoms with van der Waals surface area (Å²) in [4.78, 5) is 10.1. The Bertz CT molecular complexity index is 896. The van der Waals surface area contributed by atoms with Crippen molar-refractivity contribution in [3.63, 3.8) is 0 Å². The Kier molecular flexibility index (Phi) is 3.96. The maximum Gasteiger partial charge on any atom is 0.451 e. The zero-order valence-corrected chi connectivity index (χ0v) is 13.0. The lowest BCUT2D eigenvalue weighted by molar-refractivity contribution is -0.144. The van der Waals surface area contributed by atoms with E-state index >= 15 is 0 Å². The second-order valence-corrected chi connectivity index (χ2v) is 5.47. The number of alkyl halides is 3. The van der Waals surface area contributed by atoms with Crippen LogP contribution < -0.4 is 11.1 Å². The highest BCUT2D eigenvalue weighted by Gasteiger charge is 2.35. The number of fused-ring (bicyclic) bond motifs is 1. The molecule has 2 heterocycles. The molecule has 3 rings (SSSR count). The molecule has 0 bridgehead atoms. The Morgan fingerprint density at radius 3 is 2.67 bits per heavy atom. The summed E-state index contributed by atoms with van der Waals surface area (Å²) < 4.78 is 43.8. The van der Waals surface area contributed by atoms with E-state index in [0.717, 1.165) is 5.39 Å². The average Bonchev–Trinajstić information content (AvgIpc) is 2.88. The van der Waals surface area contributed by atoms with Crippen molar-refractivity contribution >= 4 is 34.5 Å². The van der Waals surface area contributed by atoms with Gasteiger partial charge in [-0.2, -0.15) is 28.1 Å². The number of halogens is 4. The quantitative estimate of drug-likeness (QED) is 0.735. The van der Waals surface area contributed by atoms with Crippen LogP contribution in [0.5, 0.6) is 0 Å². The predicted octanol–water partition coefficient (Wildman–Crippen LogP) is 4.05. The Morgan fingerprint density at radius 1 is 1.21 bits per heavy atom. The van der Waals surface area contributed by atoms with Gasteiger partial charge in [0.15, 0.2) is 0 Å². The third-order valence-electron chi connectivity index (χ3n) is 3.18. The number of rotatable bonds is 3. The molecule has 24 heavy (non-hydrogen) atoms. The number of furan rings is 1. The van der Waals surface area contributed by atoms with Crippen molar-refractivity contribution in [3.05, 3.63) is 40.9 Å². The zero-order valence-electron chi connectivity index (χ0n) is 12.2. The van der Waals surface area contributed by atoms with Gasteiger partial charge in [-0.1, -0.05) is 11.6 Å². The van der Waals surface area contributed by atoms with E-state index < -0.39 is 24.0 Å². The summed E-state index contributed by atoms with van der Waals surface area (Å²) in [6.07, 6.45) is -4.72. The molecule has 1 aromatic carbocycles. The molecule has 0 fully saturated rings. The van der Waals surface area contributed by atoms with Crippen LogP contribution in [0.2, 0.25) is 5.02 Å². The summed E-state index contributed by atoms with van der Waals surface area (Å²) in [6, 6.07) is 6.39. The molecule has 0 saturated heterocycles. The summed E-state index contributed by atoms with van der Waals surface area (Å²) in [5, 5.41) is 4.05. The third-order valence-corrected chi connectivity index (χ3v) is 3.41. The third kappa shape index (κ3) is 3.35. The lowest BCUT2D eigenvalue weighted by Gasteiger charge is -2.13. The molecule has 1 atom stereocenters. The van der Waals surface area contributed by atoms with Crippen LogP contribution in [0.25, 0.3) is 11.0 Å². The highest BCUT2D eigenvalue weighted by atomic mass is 35.5. The van der Waals surface area contributed by atoms with Crippen molar-refractivity contribution in [3.8, 4) is 0 Å². The van der Waals surface area contributed by atoms with Gasteiger partial charge in [-0.3, -0.25) is 0 Å². The fourth-order valence-corrected chi connectivity index (χ4v) is 2.25. The summed E-state index contributed by atoms with van der Waals surface area (Å²) in [6.45, 7) is 1.69. The highest BCUT2D eigenvalue weighted by molar-refractivity contribution is 6.31. The van der Waals surface area contributed by atoms with Crippen molar-refractivity contribution in [2.24, 2.45) is 0 Å². The maximum absolute atomic E-state index is 12.7. The standard InChI is InChI=1S/C14H11ClF3N5O/c1-6(9-4-7-2-3-8(15)5-10(7)24-9)20-13-22-11(14(16,17)18)21-12(19)23-13/h2-6H,1H3,(H3,19,20,21,22,23). The SMILES string of the molecule is CC(Nc1nc(N)nc(C(F)(F)F)n1)c1cc2ccc(Cl)cc2o1. The molecule has 3 aromatic rings. The van der Waals surface area contributed by atoms with Gasteiger partial charge < -0.3 is 15.5 Å². The molecular formula is C14H11ClF3N5O. The van der Waals surface area contributed by atoms with Gasteiger partial charge in [0.05, 0.1) is 6.04 Å². The van der Waals surface area contributed by atoms with Crippen molar-refractivity contribution in [1.29, 1.82) is 0 Å². The molecule has 10 heteroatoms. The van der Waals surface area contributed by atoms with Crippen LogP contribution in [0.3, 0.4) is 0 Å². The van der Waals surface area contributed by atoms with E-state index in [2.05, 4.69) is 20.3 Å². The van der Waals surface area contributed by atoms with Gasteiger partial charge >= 0.3 is 6.18 Å². The molecule has 0 amide bonds. The molecular weight excluding hydrogens is 347 g/mol. The first-order valence-corrected chi connectivity index (χ1v) is 7.14. The van der Waals surface area contributed by atoms with Gasteiger partial charge in [0.2, 0.25) is 17.7 Å². The molecule has 6 nitrogen and oxygen atoms in total. The first-order valence-electron chi connectivity index (χ1n) is 6.76. The molecule has 0 spiro atoms. The Hall–Kier alpha value is -2.55. The second-order valence-electron chi connectivity index (χ2n) is 5.04. The predicted molar refractivity (Wildman–Crippen MR) is 82.5 cm³/mol. The van der Waals surface area contributed by atoms with E-state index in [1.54, 1.807) is 31.2 Å². The van der Waals surface area contributed by atoms with Gasteiger partial charge in [0.25, 0.3) is 0 Å². The van der Waals surface area contributed by atoms with E-state index in [4.69, 9.17) is 21.8 Å². The first kappa shape index (κ1) is 16.3. The van der Waals surface area contributed by atoms with Gasteiger partial charge in [0.1, 0.15) is 11.3 Å². The number of hydrogen-bond acceptors (Lipinski definition) is 6.